The molecule has 34 heavy (non-hydrogen) atoms. The van der Waals surface area contributed by atoms with Crippen molar-refractivity contribution in [3.8, 4) is 5.75 Å². The van der Waals surface area contributed by atoms with Crippen LogP contribution in [0.1, 0.15) is 58.4 Å². The zero-order valence-corrected chi connectivity index (χ0v) is 19.2. The van der Waals surface area contributed by atoms with Gasteiger partial charge in [0, 0.05) is 45.1 Å². The predicted octanol–water partition coefficient (Wildman–Crippen LogP) is 3.96. The van der Waals surface area contributed by atoms with Crippen LogP contribution in [0.25, 0.3) is 0 Å². The molecule has 1 aromatic heterocycles. The third-order valence-corrected chi connectivity index (χ3v) is 5.79. The third-order valence-electron chi connectivity index (χ3n) is 5.79. The van der Waals surface area contributed by atoms with Crippen molar-refractivity contribution in [2.24, 2.45) is 5.92 Å². The van der Waals surface area contributed by atoms with Gasteiger partial charge < -0.3 is 19.5 Å². The van der Waals surface area contributed by atoms with Crippen LogP contribution < -0.4 is 15.5 Å². The zero-order chi connectivity index (χ0) is 24.9. The molecule has 3 rings (SSSR count). The van der Waals surface area contributed by atoms with E-state index in [1.54, 1.807) is 4.57 Å². The minimum atomic E-state index is -4.88. The molecular formula is C24H28F3N3O4. The SMILES string of the molecule is CN(C)C(=O)c1cn(CC2CCCCC2)cc(C(=O)NCc2ccccc2OC(F)(F)F)c1=O. The van der Waals surface area contributed by atoms with Crippen LogP contribution in [0, 0.1) is 5.92 Å². The Labute approximate surface area is 195 Å². The molecular weight excluding hydrogens is 451 g/mol. The number of aromatic nitrogens is 1. The van der Waals surface area contributed by atoms with Crippen molar-refractivity contribution in [2.45, 2.75) is 51.6 Å². The Morgan fingerprint density at radius 2 is 1.74 bits per heavy atom. The standard InChI is InChI=1S/C24H28F3N3O4/c1-29(2)23(33)19-15-30(13-16-8-4-3-5-9-16)14-18(21(19)31)22(32)28-12-17-10-6-7-11-20(17)34-24(25,26)27/h6-7,10-11,14-16H,3-5,8-9,12-13H2,1-2H3,(H,28,32). The molecule has 0 aliphatic heterocycles. The van der Waals surface area contributed by atoms with Gasteiger partial charge in [0.05, 0.1) is 0 Å². The lowest BCUT2D eigenvalue weighted by Crippen LogP contribution is -2.35. The maximum absolute atomic E-state index is 13.0. The first-order valence-corrected chi connectivity index (χ1v) is 11.1. The molecule has 0 saturated heterocycles. The molecule has 0 radical (unpaired) electrons. The van der Waals surface area contributed by atoms with Crippen LogP contribution in [0.2, 0.25) is 0 Å². The number of amides is 2. The summed E-state index contributed by atoms with van der Waals surface area (Å²) in [5, 5.41) is 2.48. The lowest BCUT2D eigenvalue weighted by atomic mass is 9.89. The molecule has 0 unspecified atom stereocenters. The van der Waals surface area contributed by atoms with E-state index in [0.717, 1.165) is 31.7 Å². The summed E-state index contributed by atoms with van der Waals surface area (Å²) < 4.78 is 43.7. The summed E-state index contributed by atoms with van der Waals surface area (Å²) in [5.41, 5.74) is -1.00. The highest BCUT2D eigenvalue weighted by molar-refractivity contribution is 5.99. The molecule has 2 aromatic rings. The number of nitrogens with zero attached hydrogens (tertiary/aromatic N) is 2. The Morgan fingerprint density at radius 3 is 2.38 bits per heavy atom. The Morgan fingerprint density at radius 1 is 1.09 bits per heavy atom. The molecule has 1 N–H and O–H groups in total. The Balaban J connectivity index is 1.86. The van der Waals surface area contributed by atoms with Gasteiger partial charge in [-0.2, -0.15) is 0 Å². The topological polar surface area (TPSA) is 80.6 Å². The third kappa shape index (κ3) is 6.61. The Bertz CT molecular complexity index is 1090. The zero-order valence-electron chi connectivity index (χ0n) is 19.2. The van der Waals surface area contributed by atoms with E-state index in [-0.39, 0.29) is 23.2 Å². The first-order valence-electron chi connectivity index (χ1n) is 11.1. The number of pyridine rings is 1. The minimum Gasteiger partial charge on any atom is -0.405 e. The minimum absolute atomic E-state index is 0.0937. The molecule has 0 bridgehead atoms. The molecule has 0 atom stereocenters. The van der Waals surface area contributed by atoms with Crippen LogP contribution in [0.15, 0.2) is 41.5 Å². The lowest BCUT2D eigenvalue weighted by Gasteiger charge is -2.23. The first-order chi connectivity index (χ1) is 16.0. The average Bonchev–Trinajstić information content (AvgIpc) is 2.78. The number of alkyl halides is 3. The van der Waals surface area contributed by atoms with Crippen LogP contribution in [-0.4, -0.2) is 41.7 Å². The van der Waals surface area contributed by atoms with Gasteiger partial charge in [0.25, 0.3) is 11.8 Å². The molecule has 10 heteroatoms. The maximum Gasteiger partial charge on any atom is 0.573 e. The van der Waals surface area contributed by atoms with E-state index in [0.29, 0.717) is 12.5 Å². The molecule has 1 heterocycles. The fourth-order valence-corrected chi connectivity index (χ4v) is 4.10. The number of carbonyl (C=O) groups is 2. The molecule has 0 spiro atoms. The van der Waals surface area contributed by atoms with Crippen LogP contribution >= 0.6 is 0 Å². The van der Waals surface area contributed by atoms with Crippen LogP contribution in [0.4, 0.5) is 13.2 Å². The van der Waals surface area contributed by atoms with Gasteiger partial charge in [-0.15, -0.1) is 13.2 Å². The highest BCUT2D eigenvalue weighted by Gasteiger charge is 2.32. The molecule has 1 aliphatic carbocycles. The van der Waals surface area contributed by atoms with Crippen LogP contribution in [-0.2, 0) is 13.1 Å². The second-order valence-corrected chi connectivity index (χ2v) is 8.65. The normalized spacial score (nSPS) is 14.5. The number of halogens is 3. The van der Waals surface area contributed by atoms with Crippen molar-refractivity contribution in [1.29, 1.82) is 0 Å². The number of ether oxygens (including phenoxy) is 1. The van der Waals surface area contributed by atoms with Gasteiger partial charge >= 0.3 is 6.36 Å². The van der Waals surface area contributed by atoms with E-state index in [1.807, 2.05) is 0 Å². The maximum atomic E-state index is 13.0. The van der Waals surface area contributed by atoms with E-state index < -0.39 is 29.4 Å². The summed E-state index contributed by atoms with van der Waals surface area (Å²) in [6.07, 6.45) is 3.47. The highest BCUT2D eigenvalue weighted by atomic mass is 19.4. The van der Waals surface area contributed by atoms with Crippen molar-refractivity contribution < 1.29 is 27.5 Å². The van der Waals surface area contributed by atoms with Gasteiger partial charge in [-0.3, -0.25) is 14.4 Å². The van der Waals surface area contributed by atoms with E-state index >= 15 is 0 Å². The van der Waals surface area contributed by atoms with Gasteiger partial charge in [-0.05, 0) is 24.8 Å². The summed E-state index contributed by atoms with van der Waals surface area (Å²) in [5.74, 6) is -1.37. The van der Waals surface area contributed by atoms with Crippen molar-refractivity contribution in [2.75, 3.05) is 14.1 Å². The van der Waals surface area contributed by atoms with E-state index in [9.17, 15) is 27.6 Å². The second-order valence-electron chi connectivity index (χ2n) is 8.65. The van der Waals surface area contributed by atoms with Crippen molar-refractivity contribution >= 4 is 11.8 Å². The largest absolute Gasteiger partial charge is 0.573 e. The summed E-state index contributed by atoms with van der Waals surface area (Å²) >= 11 is 0. The lowest BCUT2D eigenvalue weighted by molar-refractivity contribution is -0.274. The number of hydrogen-bond donors (Lipinski definition) is 1. The average molecular weight is 479 g/mol. The Hall–Kier alpha value is -3.30. The summed E-state index contributed by atoms with van der Waals surface area (Å²) in [6.45, 7) is 0.273. The number of carbonyl (C=O) groups excluding carboxylic acids is 2. The fourth-order valence-electron chi connectivity index (χ4n) is 4.10. The number of nitrogens with one attached hydrogen (secondary N) is 1. The van der Waals surface area contributed by atoms with Gasteiger partial charge in [0.15, 0.2) is 0 Å². The van der Waals surface area contributed by atoms with Crippen LogP contribution in [0.5, 0.6) is 5.75 Å². The molecule has 2 amide bonds. The monoisotopic (exact) mass is 479 g/mol. The van der Waals surface area contributed by atoms with Gasteiger partial charge in [-0.25, -0.2) is 0 Å². The van der Waals surface area contributed by atoms with E-state index in [4.69, 9.17) is 0 Å². The molecule has 1 saturated carbocycles. The quantitative estimate of drug-likeness (QED) is 0.652. The predicted molar refractivity (Wildman–Crippen MR) is 120 cm³/mol. The molecule has 7 nitrogen and oxygen atoms in total. The van der Waals surface area contributed by atoms with Crippen molar-refractivity contribution in [1.82, 2.24) is 14.8 Å². The first kappa shape index (κ1) is 25.3. The number of rotatable bonds is 7. The van der Waals surface area contributed by atoms with Gasteiger partial charge in [0.1, 0.15) is 16.9 Å². The second kappa shape index (κ2) is 10.8. The smallest absolute Gasteiger partial charge is 0.405 e. The van der Waals surface area contributed by atoms with Gasteiger partial charge in [-0.1, -0.05) is 37.5 Å². The molecule has 184 valence electrons. The summed E-state index contributed by atoms with van der Waals surface area (Å²) in [4.78, 5) is 39.7. The Kier molecular flexibility index (Phi) is 8.01. The number of para-hydroxylation sites is 1. The fraction of sp³-hybridized carbons (Fsp3) is 0.458. The molecule has 1 aliphatic rings. The van der Waals surface area contributed by atoms with Crippen LogP contribution in [0.3, 0.4) is 0 Å². The summed E-state index contributed by atoms with van der Waals surface area (Å²) in [7, 11) is 3.02. The molecule has 1 aromatic carbocycles. The molecule has 1 fully saturated rings. The van der Waals surface area contributed by atoms with Gasteiger partial charge in [0.2, 0.25) is 5.43 Å². The summed E-state index contributed by atoms with van der Waals surface area (Å²) in [6, 6.07) is 5.42. The highest BCUT2D eigenvalue weighted by Crippen LogP contribution is 2.27. The van der Waals surface area contributed by atoms with Crippen molar-refractivity contribution in [3.05, 3.63) is 63.6 Å². The van der Waals surface area contributed by atoms with E-state index in [2.05, 4.69) is 10.1 Å². The van der Waals surface area contributed by atoms with Crippen molar-refractivity contribution in [3.63, 3.8) is 0 Å². The van der Waals surface area contributed by atoms with E-state index in [1.165, 1.54) is 56.0 Å². The number of hydrogen-bond acceptors (Lipinski definition) is 4. The number of benzene rings is 1.